The van der Waals surface area contributed by atoms with Crippen LogP contribution in [0.2, 0.25) is 0 Å². The van der Waals surface area contributed by atoms with Crippen LogP contribution in [0, 0.1) is 0 Å². The van der Waals surface area contributed by atoms with Gasteiger partial charge in [0.1, 0.15) is 0 Å². The molecule has 0 nitrogen and oxygen atoms in total. The van der Waals surface area contributed by atoms with Crippen LogP contribution >= 0.6 is 0 Å². The SMILES string of the molecule is [Ag].[AlH3].[Cu].[H-].[H-].[Mg+2].[Zn]. The summed E-state index contributed by atoms with van der Waals surface area (Å²) in [5.74, 6) is 0. The molecule has 0 aromatic heterocycles. The molecule has 0 aliphatic carbocycles. The largest absolute Gasteiger partial charge is 2.00 e. The van der Waals surface area contributed by atoms with E-state index in [0.717, 1.165) is 0 Å². The maximum Gasteiger partial charge on any atom is 2.00 e. The molecule has 0 aromatic carbocycles. The van der Waals surface area contributed by atoms with E-state index in [-0.39, 0.29) is 102 Å². The molecule has 5 heteroatoms. The van der Waals surface area contributed by atoms with Gasteiger partial charge in [0.05, 0.1) is 0 Å². The van der Waals surface area contributed by atoms with Gasteiger partial charge in [0.25, 0.3) is 0 Å². The van der Waals surface area contributed by atoms with Crippen LogP contribution in [0.1, 0.15) is 2.85 Å². The molecule has 0 N–H and O–H groups in total. The predicted octanol–water partition coefficient (Wildman–Crippen LogP) is -1.35. The van der Waals surface area contributed by atoms with E-state index in [1.807, 2.05) is 0 Å². The molecule has 2 radical (unpaired) electrons. The molecule has 0 saturated heterocycles. The molecular formula is H5AgAlCuMgZn. The fraction of sp³-hybridized carbons (Fsp3) is 0. The fourth-order valence-corrected chi connectivity index (χ4v) is 0. The van der Waals surface area contributed by atoms with Crippen molar-refractivity contribution >= 4 is 40.4 Å². The summed E-state index contributed by atoms with van der Waals surface area (Å²) in [4.78, 5) is 0. The average Bonchev–Trinajstić information content (AvgIpc) is 0. The Hall–Kier alpha value is 3.18. The molecule has 34 valence electrons. The molecule has 0 atom stereocenters. The molecule has 5 heavy (non-hydrogen) atoms. The zero-order chi connectivity index (χ0) is 0. The van der Waals surface area contributed by atoms with Crippen molar-refractivity contribution in [3.05, 3.63) is 0 Å². The molecular weight excluding hydrogens is 288 g/mol. The van der Waals surface area contributed by atoms with Gasteiger partial charge >= 0.3 is 23.1 Å². The fourth-order valence-electron chi connectivity index (χ4n) is 0. The van der Waals surface area contributed by atoms with Gasteiger partial charge in [0, 0.05) is 58.9 Å². The first-order valence-electron chi connectivity index (χ1n) is 0. The maximum atomic E-state index is 0. The summed E-state index contributed by atoms with van der Waals surface area (Å²) in [5.41, 5.74) is 0. The first-order chi connectivity index (χ1) is 0. The second-order valence-electron chi connectivity index (χ2n) is 0. The molecule has 0 rings (SSSR count). The van der Waals surface area contributed by atoms with Crippen LogP contribution in [0.3, 0.4) is 0 Å². The van der Waals surface area contributed by atoms with Crippen molar-refractivity contribution in [1.29, 1.82) is 0 Å². The van der Waals surface area contributed by atoms with Crippen LogP contribution < -0.4 is 0 Å². The zero-order valence-corrected chi connectivity index (χ0v) is 8.82. The Morgan fingerprint density at radius 3 is 1.20 bits per heavy atom. The van der Waals surface area contributed by atoms with E-state index in [1.54, 1.807) is 0 Å². The van der Waals surface area contributed by atoms with Crippen LogP contribution in [0.15, 0.2) is 0 Å². The zero-order valence-electron chi connectivity index (χ0n) is 4.02. The molecule has 0 unspecified atom stereocenters. The summed E-state index contributed by atoms with van der Waals surface area (Å²) in [5, 5.41) is 0. The third-order valence-electron chi connectivity index (χ3n) is 0. The van der Waals surface area contributed by atoms with Crippen molar-refractivity contribution in [2.24, 2.45) is 0 Å². The van der Waals surface area contributed by atoms with E-state index in [9.17, 15) is 0 Å². The van der Waals surface area contributed by atoms with Crippen molar-refractivity contribution in [2.45, 2.75) is 0 Å². The minimum absolute atomic E-state index is 0. The van der Waals surface area contributed by atoms with E-state index in [2.05, 4.69) is 0 Å². The maximum absolute atomic E-state index is 0. The Labute approximate surface area is 101 Å². The third kappa shape index (κ3) is 19.0. The summed E-state index contributed by atoms with van der Waals surface area (Å²) in [7, 11) is 0. The van der Waals surface area contributed by atoms with Crippen molar-refractivity contribution in [1.82, 2.24) is 0 Å². The van der Waals surface area contributed by atoms with Gasteiger partial charge in [-0.25, -0.2) is 0 Å². The Morgan fingerprint density at radius 1 is 1.20 bits per heavy atom. The van der Waals surface area contributed by atoms with Crippen molar-refractivity contribution < 1.29 is 61.8 Å². The first-order valence-corrected chi connectivity index (χ1v) is 0. The average molecular weight is 293 g/mol. The van der Waals surface area contributed by atoms with Gasteiger partial charge < -0.3 is 2.85 Å². The van der Waals surface area contributed by atoms with Gasteiger partial charge in [-0.15, -0.1) is 0 Å². The Morgan fingerprint density at radius 2 is 1.20 bits per heavy atom. The summed E-state index contributed by atoms with van der Waals surface area (Å²) in [6.45, 7) is 0. The van der Waals surface area contributed by atoms with E-state index in [4.69, 9.17) is 0 Å². The van der Waals surface area contributed by atoms with Gasteiger partial charge in [-0.1, -0.05) is 0 Å². The second kappa shape index (κ2) is 27.1. The summed E-state index contributed by atoms with van der Waals surface area (Å²) in [6.07, 6.45) is 0. The molecule has 0 spiro atoms. The summed E-state index contributed by atoms with van der Waals surface area (Å²) < 4.78 is 0. The minimum Gasteiger partial charge on any atom is -1.00 e. The molecule has 0 fully saturated rings. The van der Waals surface area contributed by atoms with Crippen molar-refractivity contribution in [3.63, 3.8) is 0 Å². The number of hydrogen-bond donors (Lipinski definition) is 0. The van der Waals surface area contributed by atoms with Crippen LogP contribution in [-0.2, 0) is 58.9 Å². The normalized spacial score (nSPS) is 0. The topological polar surface area (TPSA) is 0 Å². The summed E-state index contributed by atoms with van der Waals surface area (Å²) in [6, 6.07) is 0. The molecule has 0 amide bonds. The van der Waals surface area contributed by atoms with E-state index < -0.39 is 0 Å². The van der Waals surface area contributed by atoms with Crippen LogP contribution in [-0.4, -0.2) is 40.4 Å². The third-order valence-corrected chi connectivity index (χ3v) is 0. The number of hydrogen-bond acceptors (Lipinski definition) is 0. The minimum atomic E-state index is 0. The molecule has 0 aliphatic heterocycles. The Balaban J connectivity index is 0. The van der Waals surface area contributed by atoms with Gasteiger partial charge in [0.15, 0.2) is 17.4 Å². The molecule has 0 bridgehead atoms. The van der Waals surface area contributed by atoms with Crippen LogP contribution in [0.25, 0.3) is 0 Å². The molecule has 0 saturated carbocycles. The van der Waals surface area contributed by atoms with Gasteiger partial charge in [-0.2, -0.15) is 0 Å². The Kier molecular flexibility index (Phi) is 226. The van der Waals surface area contributed by atoms with Crippen molar-refractivity contribution in [3.8, 4) is 0 Å². The van der Waals surface area contributed by atoms with Gasteiger partial charge in [-0.3, -0.25) is 0 Å². The van der Waals surface area contributed by atoms with Crippen molar-refractivity contribution in [2.75, 3.05) is 0 Å². The van der Waals surface area contributed by atoms with Crippen LogP contribution in [0.4, 0.5) is 0 Å². The quantitative estimate of drug-likeness (QED) is 0.485. The van der Waals surface area contributed by atoms with E-state index in [0.29, 0.717) is 0 Å². The smallest absolute Gasteiger partial charge is 1.00 e. The van der Waals surface area contributed by atoms with E-state index in [1.165, 1.54) is 0 Å². The van der Waals surface area contributed by atoms with Crippen LogP contribution in [0.5, 0.6) is 0 Å². The van der Waals surface area contributed by atoms with Gasteiger partial charge in [0.2, 0.25) is 0 Å². The monoisotopic (exact) mass is 290 g/mol. The predicted molar refractivity (Wildman–Crippen MR) is 17.9 cm³/mol. The van der Waals surface area contributed by atoms with Gasteiger partial charge in [-0.05, 0) is 0 Å². The summed E-state index contributed by atoms with van der Waals surface area (Å²) >= 11 is 0. The van der Waals surface area contributed by atoms with E-state index >= 15 is 0 Å². The second-order valence-corrected chi connectivity index (χ2v) is 0. The molecule has 0 aliphatic rings. The standard InChI is InChI=1S/Ag.Al.Cu.Mg.Zn.5H/q;;;+2;;;;;2*-1. The molecule has 0 heterocycles. The first kappa shape index (κ1) is 41.7. The molecule has 0 aromatic rings. The Bertz CT molecular complexity index is 17.7. The number of rotatable bonds is 0.